The van der Waals surface area contributed by atoms with Gasteiger partial charge in [0, 0.05) is 32.7 Å². The Morgan fingerprint density at radius 3 is 3.05 bits per heavy atom. The van der Waals surface area contributed by atoms with Crippen molar-refractivity contribution in [2.45, 2.75) is 38.5 Å². The van der Waals surface area contributed by atoms with E-state index in [9.17, 15) is 0 Å². The SMILES string of the molecule is c1coc(CN2CCc3nnc([C@H]4CCCO4)n3CC2)c1. The summed E-state index contributed by atoms with van der Waals surface area (Å²) < 4.78 is 13.5. The third-order valence-corrected chi connectivity index (χ3v) is 4.32. The highest BCUT2D eigenvalue weighted by atomic mass is 16.5. The largest absolute Gasteiger partial charge is 0.468 e. The van der Waals surface area contributed by atoms with Gasteiger partial charge in [0.05, 0.1) is 12.8 Å². The zero-order chi connectivity index (χ0) is 14.1. The van der Waals surface area contributed by atoms with E-state index in [4.69, 9.17) is 9.15 Å². The molecule has 2 aliphatic heterocycles. The van der Waals surface area contributed by atoms with Gasteiger partial charge in [-0.25, -0.2) is 0 Å². The molecule has 0 radical (unpaired) electrons. The fraction of sp³-hybridized carbons (Fsp3) is 0.600. The molecule has 2 aromatic heterocycles. The summed E-state index contributed by atoms with van der Waals surface area (Å²) in [7, 11) is 0. The van der Waals surface area contributed by atoms with Gasteiger partial charge < -0.3 is 13.7 Å². The van der Waals surface area contributed by atoms with E-state index in [1.165, 1.54) is 0 Å². The first-order valence-corrected chi connectivity index (χ1v) is 7.68. The van der Waals surface area contributed by atoms with Crippen molar-refractivity contribution in [2.24, 2.45) is 0 Å². The summed E-state index contributed by atoms with van der Waals surface area (Å²) in [5, 5.41) is 8.75. The normalized spacial score (nSPS) is 23.1. The minimum atomic E-state index is 0.142. The molecule has 0 bridgehead atoms. The first-order chi connectivity index (χ1) is 10.4. The van der Waals surface area contributed by atoms with Crippen molar-refractivity contribution in [1.29, 1.82) is 0 Å². The Morgan fingerprint density at radius 2 is 2.24 bits per heavy atom. The second-order valence-corrected chi connectivity index (χ2v) is 5.73. The quantitative estimate of drug-likeness (QED) is 0.861. The van der Waals surface area contributed by atoms with Crippen LogP contribution >= 0.6 is 0 Å². The second kappa shape index (κ2) is 5.61. The average Bonchev–Trinajstić information content (AvgIpc) is 3.21. The summed E-state index contributed by atoms with van der Waals surface area (Å²) in [6, 6.07) is 3.97. The molecule has 1 fully saturated rings. The van der Waals surface area contributed by atoms with Crippen molar-refractivity contribution in [3.8, 4) is 0 Å². The third kappa shape index (κ3) is 2.61. The molecule has 0 aliphatic carbocycles. The Morgan fingerprint density at radius 1 is 1.24 bits per heavy atom. The summed E-state index contributed by atoms with van der Waals surface area (Å²) in [4.78, 5) is 2.41. The lowest BCUT2D eigenvalue weighted by molar-refractivity contribution is 0.101. The van der Waals surface area contributed by atoms with Gasteiger partial charge in [0.1, 0.15) is 17.7 Å². The Balaban J connectivity index is 1.47. The Labute approximate surface area is 123 Å². The molecule has 0 amide bonds. The van der Waals surface area contributed by atoms with Crippen LogP contribution in [0, 0.1) is 0 Å². The van der Waals surface area contributed by atoms with Crippen molar-refractivity contribution in [2.75, 3.05) is 19.7 Å². The van der Waals surface area contributed by atoms with Gasteiger partial charge in [-0.3, -0.25) is 4.90 Å². The molecule has 0 spiro atoms. The molecule has 4 rings (SSSR count). The molecule has 0 saturated carbocycles. The molecule has 2 aromatic rings. The molecular formula is C15H20N4O2. The first kappa shape index (κ1) is 13.0. The average molecular weight is 288 g/mol. The van der Waals surface area contributed by atoms with Crippen LogP contribution in [0.3, 0.4) is 0 Å². The molecule has 6 nitrogen and oxygen atoms in total. The highest BCUT2D eigenvalue weighted by Crippen LogP contribution is 2.28. The van der Waals surface area contributed by atoms with Crippen LogP contribution in [-0.4, -0.2) is 39.4 Å². The molecule has 1 saturated heterocycles. The molecule has 0 aromatic carbocycles. The highest BCUT2D eigenvalue weighted by molar-refractivity contribution is 5.04. The third-order valence-electron chi connectivity index (χ3n) is 4.32. The number of furan rings is 1. The van der Waals surface area contributed by atoms with Crippen LogP contribution in [0.5, 0.6) is 0 Å². The van der Waals surface area contributed by atoms with E-state index in [0.717, 1.165) is 69.5 Å². The summed E-state index contributed by atoms with van der Waals surface area (Å²) in [6.07, 6.45) is 4.99. The zero-order valence-corrected chi connectivity index (χ0v) is 12.1. The predicted molar refractivity (Wildman–Crippen MR) is 75.6 cm³/mol. The molecule has 4 heterocycles. The van der Waals surface area contributed by atoms with Crippen LogP contribution < -0.4 is 0 Å². The van der Waals surface area contributed by atoms with E-state index in [-0.39, 0.29) is 6.10 Å². The number of rotatable bonds is 3. The molecule has 0 N–H and O–H groups in total. The van der Waals surface area contributed by atoms with Crippen molar-refractivity contribution in [3.63, 3.8) is 0 Å². The fourth-order valence-electron chi connectivity index (χ4n) is 3.19. The number of hydrogen-bond acceptors (Lipinski definition) is 5. The summed E-state index contributed by atoms with van der Waals surface area (Å²) in [5.41, 5.74) is 0. The van der Waals surface area contributed by atoms with Gasteiger partial charge in [-0.2, -0.15) is 0 Å². The number of fused-ring (bicyclic) bond motifs is 1. The maximum absolute atomic E-state index is 5.76. The molecule has 0 unspecified atom stereocenters. The Kier molecular flexibility index (Phi) is 3.48. The van der Waals surface area contributed by atoms with Gasteiger partial charge >= 0.3 is 0 Å². The number of ether oxygens (including phenoxy) is 1. The van der Waals surface area contributed by atoms with E-state index in [0.29, 0.717) is 0 Å². The van der Waals surface area contributed by atoms with E-state index in [2.05, 4.69) is 19.7 Å². The first-order valence-electron chi connectivity index (χ1n) is 7.68. The lowest BCUT2D eigenvalue weighted by Gasteiger charge is -2.18. The molecule has 2 aliphatic rings. The van der Waals surface area contributed by atoms with Crippen LogP contribution in [-0.2, 0) is 24.2 Å². The summed E-state index contributed by atoms with van der Waals surface area (Å²) in [5.74, 6) is 3.12. The van der Waals surface area contributed by atoms with Gasteiger partial charge in [0.15, 0.2) is 5.82 Å². The Hall–Kier alpha value is -1.66. The van der Waals surface area contributed by atoms with Gasteiger partial charge in [-0.15, -0.1) is 10.2 Å². The number of aromatic nitrogens is 3. The molecule has 1 atom stereocenters. The van der Waals surface area contributed by atoms with Crippen molar-refractivity contribution >= 4 is 0 Å². The maximum atomic E-state index is 5.76. The van der Waals surface area contributed by atoms with Crippen LogP contribution in [0.15, 0.2) is 22.8 Å². The predicted octanol–water partition coefficient (Wildman–Crippen LogP) is 1.78. The van der Waals surface area contributed by atoms with E-state index >= 15 is 0 Å². The monoisotopic (exact) mass is 288 g/mol. The van der Waals surface area contributed by atoms with Crippen LogP contribution in [0.4, 0.5) is 0 Å². The smallest absolute Gasteiger partial charge is 0.162 e. The van der Waals surface area contributed by atoms with Gasteiger partial charge in [0.2, 0.25) is 0 Å². The fourth-order valence-corrected chi connectivity index (χ4v) is 3.19. The van der Waals surface area contributed by atoms with Crippen LogP contribution in [0.1, 0.15) is 36.4 Å². The molecule has 112 valence electrons. The van der Waals surface area contributed by atoms with E-state index < -0.39 is 0 Å². The zero-order valence-electron chi connectivity index (χ0n) is 12.1. The van der Waals surface area contributed by atoms with Crippen LogP contribution in [0.2, 0.25) is 0 Å². The van der Waals surface area contributed by atoms with Crippen LogP contribution in [0.25, 0.3) is 0 Å². The van der Waals surface area contributed by atoms with Gasteiger partial charge in [-0.05, 0) is 25.0 Å². The maximum Gasteiger partial charge on any atom is 0.162 e. The molecule has 21 heavy (non-hydrogen) atoms. The summed E-state index contributed by atoms with van der Waals surface area (Å²) >= 11 is 0. The summed E-state index contributed by atoms with van der Waals surface area (Å²) in [6.45, 7) is 4.62. The van der Waals surface area contributed by atoms with Crippen molar-refractivity contribution in [3.05, 3.63) is 35.8 Å². The van der Waals surface area contributed by atoms with Crippen molar-refractivity contribution < 1.29 is 9.15 Å². The minimum absolute atomic E-state index is 0.142. The van der Waals surface area contributed by atoms with E-state index in [1.54, 1.807) is 6.26 Å². The molecule has 6 heteroatoms. The molecular weight excluding hydrogens is 268 g/mol. The lowest BCUT2D eigenvalue weighted by atomic mass is 10.2. The van der Waals surface area contributed by atoms with Crippen molar-refractivity contribution in [1.82, 2.24) is 19.7 Å². The standard InChI is InChI=1S/C15H20N4O2/c1-3-12(20-9-1)11-18-6-5-14-16-17-15(19(14)8-7-18)13-4-2-10-21-13/h1,3,9,13H,2,4-8,10-11H2/t13-/m1/s1. The topological polar surface area (TPSA) is 56.3 Å². The lowest BCUT2D eigenvalue weighted by Crippen LogP contribution is -2.26. The van der Waals surface area contributed by atoms with E-state index in [1.807, 2.05) is 12.1 Å². The minimum Gasteiger partial charge on any atom is -0.468 e. The highest BCUT2D eigenvalue weighted by Gasteiger charge is 2.27. The number of nitrogens with zero attached hydrogens (tertiary/aromatic N) is 4. The second-order valence-electron chi connectivity index (χ2n) is 5.73. The van der Waals surface area contributed by atoms with Gasteiger partial charge in [-0.1, -0.05) is 0 Å². The Bertz CT molecular complexity index is 587. The number of hydrogen-bond donors (Lipinski definition) is 0. The van der Waals surface area contributed by atoms with Gasteiger partial charge in [0.25, 0.3) is 0 Å².